The molecule has 8 nitrogen and oxygen atoms in total. The highest BCUT2D eigenvalue weighted by atomic mass is 16.6. The average molecular weight is 250 g/mol. The van der Waals surface area contributed by atoms with E-state index in [-0.39, 0.29) is 30.3 Å². The summed E-state index contributed by atoms with van der Waals surface area (Å²) in [6, 6.07) is 4.20. The largest absolute Gasteiger partial charge is 0.469 e. The van der Waals surface area contributed by atoms with Gasteiger partial charge in [-0.1, -0.05) is 0 Å². The summed E-state index contributed by atoms with van der Waals surface area (Å²) in [5.74, 6) is -0.0917. The van der Waals surface area contributed by atoms with Gasteiger partial charge in [0.15, 0.2) is 0 Å². The van der Waals surface area contributed by atoms with Crippen LogP contribution in [0.3, 0.4) is 0 Å². The molecule has 0 aliphatic carbocycles. The molecule has 1 N–H and O–H groups in total. The second-order valence-electron chi connectivity index (χ2n) is 3.19. The quantitative estimate of drug-likeness (QED) is 0.467. The average Bonchev–Trinajstić information content (AvgIpc) is 2.37. The van der Waals surface area contributed by atoms with Crippen molar-refractivity contribution in [2.75, 3.05) is 19.0 Å². The minimum absolute atomic E-state index is 0.136. The number of aromatic nitrogens is 1. The highest BCUT2D eigenvalue weighted by Gasteiger charge is 2.15. The van der Waals surface area contributed by atoms with Crippen LogP contribution in [0.2, 0.25) is 0 Å². The molecule has 0 aliphatic rings. The van der Waals surface area contributed by atoms with E-state index in [4.69, 9.17) is 5.26 Å². The van der Waals surface area contributed by atoms with Crippen LogP contribution >= 0.6 is 0 Å². The van der Waals surface area contributed by atoms with Crippen LogP contribution in [-0.2, 0) is 9.53 Å². The molecule has 18 heavy (non-hydrogen) atoms. The zero-order valence-corrected chi connectivity index (χ0v) is 9.54. The van der Waals surface area contributed by atoms with Gasteiger partial charge >= 0.3 is 11.7 Å². The Morgan fingerprint density at radius 3 is 2.94 bits per heavy atom. The number of methoxy groups -OCH3 is 1. The van der Waals surface area contributed by atoms with E-state index in [1.54, 1.807) is 6.07 Å². The van der Waals surface area contributed by atoms with Gasteiger partial charge in [-0.25, -0.2) is 4.98 Å². The number of ether oxygens (including phenoxy) is 1. The van der Waals surface area contributed by atoms with E-state index in [1.807, 2.05) is 0 Å². The van der Waals surface area contributed by atoms with Gasteiger partial charge in [0.25, 0.3) is 0 Å². The van der Waals surface area contributed by atoms with Gasteiger partial charge in [-0.15, -0.1) is 0 Å². The summed E-state index contributed by atoms with van der Waals surface area (Å²) >= 11 is 0. The van der Waals surface area contributed by atoms with Crippen LogP contribution < -0.4 is 5.32 Å². The third-order valence-corrected chi connectivity index (χ3v) is 2.04. The van der Waals surface area contributed by atoms with Crippen molar-refractivity contribution in [3.63, 3.8) is 0 Å². The third kappa shape index (κ3) is 3.41. The first-order valence-electron chi connectivity index (χ1n) is 4.94. The number of hydrogen-bond acceptors (Lipinski definition) is 7. The van der Waals surface area contributed by atoms with E-state index in [1.165, 1.54) is 19.2 Å². The number of nitrogens with one attached hydrogen (secondary N) is 1. The van der Waals surface area contributed by atoms with E-state index in [2.05, 4.69) is 15.0 Å². The SMILES string of the molecule is COC(=O)CCNc1ccc([N+](=O)[O-])c(C#N)n1. The number of nitriles is 1. The maximum atomic E-state index is 10.8. The molecule has 0 amide bonds. The van der Waals surface area contributed by atoms with Gasteiger partial charge < -0.3 is 10.1 Å². The van der Waals surface area contributed by atoms with E-state index in [9.17, 15) is 14.9 Å². The zero-order chi connectivity index (χ0) is 13.5. The summed E-state index contributed by atoms with van der Waals surface area (Å²) < 4.78 is 4.44. The lowest BCUT2D eigenvalue weighted by molar-refractivity contribution is -0.385. The van der Waals surface area contributed by atoms with Crippen LogP contribution in [0, 0.1) is 21.4 Å². The Bertz CT molecular complexity index is 509. The van der Waals surface area contributed by atoms with Crippen molar-refractivity contribution in [1.82, 2.24) is 4.98 Å². The van der Waals surface area contributed by atoms with Crippen LogP contribution in [0.5, 0.6) is 0 Å². The molecule has 8 heteroatoms. The molecule has 0 aromatic carbocycles. The third-order valence-electron chi connectivity index (χ3n) is 2.04. The Kier molecular flexibility index (Phi) is 4.57. The lowest BCUT2D eigenvalue weighted by atomic mass is 10.3. The highest BCUT2D eigenvalue weighted by Crippen LogP contribution is 2.17. The van der Waals surface area contributed by atoms with Gasteiger partial charge in [0, 0.05) is 12.6 Å². The fraction of sp³-hybridized carbons (Fsp3) is 0.300. The van der Waals surface area contributed by atoms with Crippen molar-refractivity contribution >= 4 is 17.5 Å². The van der Waals surface area contributed by atoms with Crippen molar-refractivity contribution in [2.24, 2.45) is 0 Å². The number of nitrogens with zero attached hydrogens (tertiary/aromatic N) is 3. The number of hydrogen-bond donors (Lipinski definition) is 1. The Balaban J connectivity index is 2.72. The van der Waals surface area contributed by atoms with Gasteiger partial charge in [-0.05, 0) is 6.07 Å². The predicted octanol–water partition coefficient (Wildman–Crippen LogP) is 0.836. The maximum Gasteiger partial charge on any atom is 0.307 e. The molecule has 0 aliphatic heterocycles. The molecule has 0 unspecified atom stereocenters. The summed E-state index contributed by atoms with van der Waals surface area (Å²) in [5, 5.41) is 22.1. The topological polar surface area (TPSA) is 118 Å². The van der Waals surface area contributed by atoms with E-state index >= 15 is 0 Å². The van der Waals surface area contributed by atoms with Gasteiger partial charge in [0.2, 0.25) is 5.69 Å². The van der Waals surface area contributed by atoms with Crippen molar-refractivity contribution in [3.8, 4) is 6.07 Å². The van der Waals surface area contributed by atoms with Crippen molar-refractivity contribution in [1.29, 1.82) is 5.26 Å². The summed E-state index contributed by atoms with van der Waals surface area (Å²) in [7, 11) is 1.28. The first-order valence-corrected chi connectivity index (χ1v) is 4.94. The zero-order valence-electron chi connectivity index (χ0n) is 9.54. The van der Waals surface area contributed by atoms with Crippen molar-refractivity contribution in [2.45, 2.75) is 6.42 Å². The standard InChI is InChI=1S/C10H10N4O4/c1-18-10(15)4-5-12-9-3-2-8(14(16)17)7(6-11)13-9/h2-3H,4-5H2,1H3,(H,12,13). The van der Waals surface area contributed by atoms with Crippen molar-refractivity contribution < 1.29 is 14.5 Å². The number of carbonyl (C=O) groups is 1. The Morgan fingerprint density at radius 2 is 2.39 bits per heavy atom. The number of pyridine rings is 1. The molecule has 1 rings (SSSR count). The lowest BCUT2D eigenvalue weighted by Gasteiger charge is -2.04. The summed E-state index contributed by atoms with van der Waals surface area (Å²) in [5.41, 5.74) is -0.626. The van der Waals surface area contributed by atoms with Crippen LogP contribution in [0.1, 0.15) is 12.1 Å². The maximum absolute atomic E-state index is 10.8. The second kappa shape index (κ2) is 6.15. The van der Waals surface area contributed by atoms with Crippen LogP contribution in [0.4, 0.5) is 11.5 Å². The molecule has 0 radical (unpaired) electrons. The Labute approximate surface area is 102 Å². The summed E-state index contributed by atoms with van der Waals surface area (Å²) in [6.07, 6.45) is 0.136. The number of anilines is 1. The molecule has 0 bridgehead atoms. The van der Waals surface area contributed by atoms with Crippen molar-refractivity contribution in [3.05, 3.63) is 27.9 Å². The molecule has 1 heterocycles. The normalized spacial score (nSPS) is 9.33. The fourth-order valence-corrected chi connectivity index (χ4v) is 1.17. The smallest absolute Gasteiger partial charge is 0.307 e. The Hall–Kier alpha value is -2.69. The van der Waals surface area contributed by atoms with Gasteiger partial charge in [-0.3, -0.25) is 14.9 Å². The van der Waals surface area contributed by atoms with E-state index in [0.29, 0.717) is 5.82 Å². The van der Waals surface area contributed by atoms with Gasteiger partial charge in [-0.2, -0.15) is 5.26 Å². The monoisotopic (exact) mass is 250 g/mol. The first kappa shape index (κ1) is 13.4. The molecule has 0 atom stereocenters. The van der Waals surface area contributed by atoms with Crippen LogP contribution in [0.25, 0.3) is 0 Å². The summed E-state index contributed by atoms with van der Waals surface area (Å²) in [4.78, 5) is 24.5. The van der Waals surface area contributed by atoms with Crippen LogP contribution in [0.15, 0.2) is 12.1 Å². The number of rotatable bonds is 5. The van der Waals surface area contributed by atoms with E-state index in [0.717, 1.165) is 0 Å². The number of esters is 1. The van der Waals surface area contributed by atoms with Gasteiger partial charge in [0.05, 0.1) is 18.5 Å². The molecule has 1 aromatic heterocycles. The van der Waals surface area contributed by atoms with E-state index < -0.39 is 4.92 Å². The number of nitro groups is 1. The summed E-state index contributed by atoms with van der Waals surface area (Å²) in [6.45, 7) is 0.266. The Morgan fingerprint density at radius 1 is 1.67 bits per heavy atom. The second-order valence-corrected chi connectivity index (χ2v) is 3.19. The molecular formula is C10H10N4O4. The number of carbonyl (C=O) groups excluding carboxylic acids is 1. The molecular weight excluding hydrogens is 240 g/mol. The fourth-order valence-electron chi connectivity index (χ4n) is 1.17. The minimum Gasteiger partial charge on any atom is -0.469 e. The first-order chi connectivity index (χ1) is 8.58. The highest BCUT2D eigenvalue weighted by molar-refractivity contribution is 5.69. The molecule has 1 aromatic rings. The lowest BCUT2D eigenvalue weighted by Crippen LogP contribution is -2.11. The predicted molar refractivity (Wildman–Crippen MR) is 60.7 cm³/mol. The minimum atomic E-state index is -0.677. The van der Waals surface area contributed by atoms with Crippen LogP contribution in [-0.4, -0.2) is 29.5 Å². The molecule has 0 fully saturated rings. The van der Waals surface area contributed by atoms with Gasteiger partial charge in [0.1, 0.15) is 11.9 Å². The molecule has 0 saturated carbocycles. The molecule has 94 valence electrons. The molecule has 0 spiro atoms. The molecule has 0 saturated heterocycles.